The van der Waals surface area contributed by atoms with Gasteiger partial charge in [-0.1, -0.05) is 30.3 Å². The van der Waals surface area contributed by atoms with Gasteiger partial charge in [-0.05, 0) is 18.2 Å². The van der Waals surface area contributed by atoms with Crippen LogP contribution in [0.3, 0.4) is 0 Å². The third kappa shape index (κ3) is 2.53. The fourth-order valence-corrected chi connectivity index (χ4v) is 2.92. The summed E-state index contributed by atoms with van der Waals surface area (Å²) in [7, 11) is 0. The number of fused-ring (bicyclic) bond motifs is 2. The van der Waals surface area contributed by atoms with Crippen LogP contribution < -0.4 is 5.32 Å². The van der Waals surface area contributed by atoms with Crippen LogP contribution in [0.2, 0.25) is 0 Å². The molecule has 6 heteroatoms. The predicted molar refractivity (Wildman–Crippen MR) is 101 cm³/mol. The normalized spacial score (nSPS) is 11.1. The van der Waals surface area contributed by atoms with E-state index in [0.29, 0.717) is 0 Å². The van der Waals surface area contributed by atoms with Crippen molar-refractivity contribution in [3.05, 3.63) is 79.6 Å². The molecule has 0 spiro atoms. The monoisotopic (exact) mass is 338 g/mol. The summed E-state index contributed by atoms with van der Waals surface area (Å²) < 4.78 is 1.92. The van der Waals surface area contributed by atoms with Gasteiger partial charge in [-0.25, -0.2) is 15.0 Å². The van der Waals surface area contributed by atoms with Crippen LogP contribution >= 0.6 is 0 Å². The van der Waals surface area contributed by atoms with Crippen molar-refractivity contribution in [2.75, 3.05) is 5.32 Å². The maximum Gasteiger partial charge on any atom is 0.156 e. The standard InChI is InChI=1S/C20H14N6/c1-2-4-14(5-3-1)18-11-23-16-7-6-15(10-17(16)25-18)24-20-19-12-21-13-26(19)9-8-22-20/h1-13H,(H,22,24). The lowest BCUT2D eigenvalue weighted by Crippen LogP contribution is -1.97. The second kappa shape index (κ2) is 5.93. The van der Waals surface area contributed by atoms with Gasteiger partial charge in [0.2, 0.25) is 0 Å². The first-order valence-corrected chi connectivity index (χ1v) is 8.23. The summed E-state index contributed by atoms with van der Waals surface area (Å²) >= 11 is 0. The first-order valence-electron chi connectivity index (χ1n) is 8.23. The fourth-order valence-electron chi connectivity index (χ4n) is 2.92. The molecule has 0 fully saturated rings. The van der Waals surface area contributed by atoms with Gasteiger partial charge >= 0.3 is 0 Å². The Bertz CT molecular complexity index is 1210. The van der Waals surface area contributed by atoms with Crippen LogP contribution in [0.4, 0.5) is 11.5 Å². The van der Waals surface area contributed by atoms with Gasteiger partial charge < -0.3 is 9.72 Å². The summed E-state index contributed by atoms with van der Waals surface area (Å²) in [6.07, 6.45) is 8.94. The molecule has 6 nitrogen and oxygen atoms in total. The van der Waals surface area contributed by atoms with E-state index in [0.717, 1.165) is 39.3 Å². The highest BCUT2D eigenvalue weighted by molar-refractivity contribution is 5.83. The van der Waals surface area contributed by atoms with Crippen LogP contribution in [0.15, 0.2) is 79.6 Å². The van der Waals surface area contributed by atoms with E-state index in [1.807, 2.05) is 59.1 Å². The van der Waals surface area contributed by atoms with E-state index in [2.05, 4.69) is 20.3 Å². The first-order chi connectivity index (χ1) is 12.9. The zero-order valence-corrected chi connectivity index (χ0v) is 13.7. The molecule has 0 saturated carbocycles. The molecule has 0 saturated heterocycles. The minimum Gasteiger partial charge on any atom is -0.338 e. The van der Waals surface area contributed by atoms with Crippen LogP contribution in [-0.2, 0) is 0 Å². The summed E-state index contributed by atoms with van der Waals surface area (Å²) in [5, 5.41) is 3.34. The lowest BCUT2D eigenvalue weighted by atomic mass is 10.1. The molecular formula is C20H14N6. The van der Waals surface area contributed by atoms with Crippen LogP contribution in [-0.4, -0.2) is 24.3 Å². The molecule has 0 radical (unpaired) electrons. The average molecular weight is 338 g/mol. The largest absolute Gasteiger partial charge is 0.338 e. The molecule has 2 aromatic carbocycles. The second-order valence-corrected chi connectivity index (χ2v) is 5.91. The summed E-state index contributed by atoms with van der Waals surface area (Å²) in [6, 6.07) is 16.0. The van der Waals surface area contributed by atoms with Crippen LogP contribution in [0, 0.1) is 0 Å². The van der Waals surface area contributed by atoms with Crippen molar-refractivity contribution in [2.24, 2.45) is 0 Å². The van der Waals surface area contributed by atoms with Crippen molar-refractivity contribution in [2.45, 2.75) is 0 Å². The van der Waals surface area contributed by atoms with E-state index in [4.69, 9.17) is 4.98 Å². The molecule has 0 aliphatic rings. The summed E-state index contributed by atoms with van der Waals surface area (Å²) in [4.78, 5) is 17.9. The van der Waals surface area contributed by atoms with Gasteiger partial charge in [0.05, 0.1) is 35.4 Å². The summed E-state index contributed by atoms with van der Waals surface area (Å²) in [5.41, 5.74) is 5.40. The smallest absolute Gasteiger partial charge is 0.156 e. The highest BCUT2D eigenvalue weighted by Gasteiger charge is 2.06. The SMILES string of the molecule is c1ccc(-c2cnc3ccc(Nc4nccn5cncc45)cc3n2)cc1. The number of imidazole rings is 1. The van der Waals surface area contributed by atoms with Crippen molar-refractivity contribution >= 4 is 28.1 Å². The van der Waals surface area contributed by atoms with E-state index >= 15 is 0 Å². The van der Waals surface area contributed by atoms with Crippen molar-refractivity contribution in [1.82, 2.24) is 24.3 Å². The third-order valence-electron chi connectivity index (χ3n) is 4.21. The molecule has 1 N–H and O–H groups in total. The van der Waals surface area contributed by atoms with Crippen LogP contribution in [0.25, 0.3) is 27.8 Å². The van der Waals surface area contributed by atoms with Gasteiger partial charge in [-0.15, -0.1) is 0 Å². The van der Waals surface area contributed by atoms with Gasteiger partial charge in [-0.2, -0.15) is 0 Å². The molecule has 124 valence electrons. The number of rotatable bonds is 3. The lowest BCUT2D eigenvalue weighted by molar-refractivity contribution is 1.12. The molecule has 0 atom stereocenters. The highest BCUT2D eigenvalue weighted by atomic mass is 15.1. The lowest BCUT2D eigenvalue weighted by Gasteiger charge is -2.08. The topological polar surface area (TPSA) is 68.0 Å². The molecular weight excluding hydrogens is 324 g/mol. The van der Waals surface area contributed by atoms with E-state index in [1.54, 1.807) is 24.9 Å². The molecule has 0 unspecified atom stereocenters. The van der Waals surface area contributed by atoms with Crippen molar-refractivity contribution in [3.63, 3.8) is 0 Å². The number of hydrogen-bond donors (Lipinski definition) is 1. The maximum absolute atomic E-state index is 4.76. The van der Waals surface area contributed by atoms with Gasteiger partial charge in [-0.3, -0.25) is 4.98 Å². The number of hydrogen-bond acceptors (Lipinski definition) is 5. The third-order valence-corrected chi connectivity index (χ3v) is 4.21. The minimum absolute atomic E-state index is 0.747. The van der Waals surface area contributed by atoms with Gasteiger partial charge in [0.1, 0.15) is 5.52 Å². The number of nitrogens with zero attached hydrogens (tertiary/aromatic N) is 5. The molecule has 0 aliphatic heterocycles. The Morgan fingerprint density at radius 2 is 1.81 bits per heavy atom. The maximum atomic E-state index is 4.76. The summed E-state index contributed by atoms with van der Waals surface area (Å²) in [5.74, 6) is 0.747. The minimum atomic E-state index is 0.747. The number of anilines is 2. The average Bonchev–Trinajstić information content (AvgIpc) is 3.18. The molecule has 26 heavy (non-hydrogen) atoms. The molecule has 0 aliphatic carbocycles. The van der Waals surface area contributed by atoms with E-state index in [1.165, 1.54) is 0 Å². The first kappa shape index (κ1) is 14.5. The molecule has 5 aromatic rings. The Labute approximate surface area is 149 Å². The predicted octanol–water partition coefficient (Wildman–Crippen LogP) is 4.08. The van der Waals surface area contributed by atoms with Crippen molar-refractivity contribution < 1.29 is 0 Å². The van der Waals surface area contributed by atoms with E-state index in [9.17, 15) is 0 Å². The second-order valence-electron chi connectivity index (χ2n) is 5.91. The Hall–Kier alpha value is -3.80. The Balaban J connectivity index is 1.55. The van der Waals surface area contributed by atoms with Crippen LogP contribution in [0.1, 0.15) is 0 Å². The number of nitrogens with one attached hydrogen (secondary N) is 1. The van der Waals surface area contributed by atoms with Gasteiger partial charge in [0, 0.05) is 23.6 Å². The quantitative estimate of drug-likeness (QED) is 0.537. The molecule has 3 heterocycles. The molecule has 3 aromatic heterocycles. The molecule has 5 rings (SSSR count). The molecule has 0 amide bonds. The summed E-state index contributed by atoms with van der Waals surface area (Å²) in [6.45, 7) is 0. The number of benzene rings is 2. The Morgan fingerprint density at radius 1 is 0.885 bits per heavy atom. The van der Waals surface area contributed by atoms with E-state index < -0.39 is 0 Å². The molecule has 0 bridgehead atoms. The fraction of sp³-hybridized carbons (Fsp3) is 0. The van der Waals surface area contributed by atoms with Gasteiger partial charge in [0.25, 0.3) is 0 Å². The number of aromatic nitrogens is 5. The van der Waals surface area contributed by atoms with Crippen LogP contribution in [0.5, 0.6) is 0 Å². The van der Waals surface area contributed by atoms with Gasteiger partial charge in [0.15, 0.2) is 5.82 Å². The Morgan fingerprint density at radius 3 is 2.73 bits per heavy atom. The highest BCUT2D eigenvalue weighted by Crippen LogP contribution is 2.24. The van der Waals surface area contributed by atoms with Crippen molar-refractivity contribution in [3.8, 4) is 11.3 Å². The zero-order chi connectivity index (χ0) is 17.3. The Kier molecular flexibility index (Phi) is 3.31. The zero-order valence-electron chi connectivity index (χ0n) is 13.7. The van der Waals surface area contributed by atoms with Crippen molar-refractivity contribution in [1.29, 1.82) is 0 Å². The van der Waals surface area contributed by atoms with E-state index in [-0.39, 0.29) is 0 Å².